The highest BCUT2D eigenvalue weighted by Crippen LogP contribution is 2.33. The van der Waals surface area contributed by atoms with E-state index in [1.54, 1.807) is 19.1 Å². The number of benzene rings is 1. The minimum atomic E-state index is 0.112. The maximum atomic E-state index is 9.41. The normalized spacial score (nSPS) is 9.83. The van der Waals surface area contributed by atoms with Gasteiger partial charge in [-0.1, -0.05) is 6.07 Å². The minimum absolute atomic E-state index is 0.112. The van der Waals surface area contributed by atoms with Crippen LogP contribution in [0.1, 0.15) is 12.5 Å². The highest BCUT2D eigenvalue weighted by atomic mass is 16.5. The summed E-state index contributed by atoms with van der Waals surface area (Å²) in [5, 5.41) is 9.41. The second-order valence-corrected chi connectivity index (χ2v) is 2.58. The Balaban J connectivity index is 3.08. The van der Waals surface area contributed by atoms with Crippen LogP contribution in [0.15, 0.2) is 12.1 Å². The van der Waals surface area contributed by atoms with Gasteiger partial charge in [0, 0.05) is 0 Å². The highest BCUT2D eigenvalue weighted by Gasteiger charge is 2.06. The highest BCUT2D eigenvalue weighted by molar-refractivity contribution is 5.64. The molecule has 1 rings (SSSR count). The topological polar surface area (TPSA) is 55.5 Å². The van der Waals surface area contributed by atoms with Crippen LogP contribution in [0.2, 0.25) is 0 Å². The molecule has 0 aliphatic heterocycles. The Morgan fingerprint density at radius 3 is 2.75 bits per heavy atom. The number of hydrogen-bond donors (Lipinski definition) is 2. The van der Waals surface area contributed by atoms with Crippen LogP contribution in [0.4, 0.5) is 5.69 Å². The molecule has 0 heterocycles. The van der Waals surface area contributed by atoms with Gasteiger partial charge in [-0.05, 0) is 25.5 Å². The fraction of sp³-hybridized carbons (Fsp3) is 0.333. The largest absolute Gasteiger partial charge is 0.505 e. The standard InChI is InChI=1S/C9H13NO2/c1-3-12-7-5-4-6(2)9(11)8(7)10/h4-5,11H,3,10H2,1-2H3. The number of ether oxygens (including phenoxy) is 1. The summed E-state index contributed by atoms with van der Waals surface area (Å²) in [5.74, 6) is 0.654. The van der Waals surface area contributed by atoms with Crippen LogP contribution in [0, 0.1) is 6.92 Å². The summed E-state index contributed by atoms with van der Waals surface area (Å²) in [6.07, 6.45) is 0. The Labute approximate surface area is 71.8 Å². The van der Waals surface area contributed by atoms with Gasteiger partial charge in [0.1, 0.15) is 17.2 Å². The quantitative estimate of drug-likeness (QED) is 0.520. The third-order valence-electron chi connectivity index (χ3n) is 1.68. The Bertz CT molecular complexity index is 284. The molecule has 0 aliphatic carbocycles. The van der Waals surface area contributed by atoms with E-state index in [2.05, 4.69) is 0 Å². The van der Waals surface area contributed by atoms with E-state index in [0.717, 1.165) is 5.56 Å². The average Bonchev–Trinajstić information content (AvgIpc) is 2.07. The van der Waals surface area contributed by atoms with Gasteiger partial charge in [-0.3, -0.25) is 0 Å². The number of anilines is 1. The zero-order chi connectivity index (χ0) is 9.14. The lowest BCUT2D eigenvalue weighted by Crippen LogP contribution is -1.97. The maximum Gasteiger partial charge on any atom is 0.145 e. The Morgan fingerprint density at radius 1 is 1.50 bits per heavy atom. The average molecular weight is 167 g/mol. The zero-order valence-electron chi connectivity index (χ0n) is 7.29. The monoisotopic (exact) mass is 167 g/mol. The fourth-order valence-electron chi connectivity index (χ4n) is 0.980. The number of nitrogen functional groups attached to an aromatic ring is 1. The number of phenols is 1. The summed E-state index contributed by atoms with van der Waals surface area (Å²) in [6.45, 7) is 4.21. The maximum absolute atomic E-state index is 9.41. The second-order valence-electron chi connectivity index (χ2n) is 2.58. The molecule has 3 N–H and O–H groups in total. The van der Waals surface area contributed by atoms with E-state index in [1.807, 2.05) is 6.92 Å². The van der Waals surface area contributed by atoms with Crippen molar-refractivity contribution in [2.45, 2.75) is 13.8 Å². The Morgan fingerprint density at radius 2 is 2.17 bits per heavy atom. The first-order chi connectivity index (χ1) is 5.66. The summed E-state index contributed by atoms with van der Waals surface area (Å²) in [6, 6.07) is 3.53. The van der Waals surface area contributed by atoms with Crippen LogP contribution in [-0.4, -0.2) is 11.7 Å². The van der Waals surface area contributed by atoms with Crippen molar-refractivity contribution in [3.05, 3.63) is 17.7 Å². The minimum Gasteiger partial charge on any atom is -0.505 e. The molecule has 12 heavy (non-hydrogen) atoms. The first kappa shape index (κ1) is 8.71. The van der Waals surface area contributed by atoms with E-state index >= 15 is 0 Å². The Hall–Kier alpha value is -1.38. The molecule has 3 heteroatoms. The first-order valence-electron chi connectivity index (χ1n) is 3.87. The van der Waals surface area contributed by atoms with E-state index in [4.69, 9.17) is 10.5 Å². The lowest BCUT2D eigenvalue weighted by Gasteiger charge is -2.09. The summed E-state index contributed by atoms with van der Waals surface area (Å²) >= 11 is 0. The van der Waals surface area contributed by atoms with Crippen molar-refractivity contribution in [1.82, 2.24) is 0 Å². The number of aryl methyl sites for hydroxylation is 1. The molecule has 0 radical (unpaired) electrons. The first-order valence-corrected chi connectivity index (χ1v) is 3.87. The van der Waals surface area contributed by atoms with E-state index in [9.17, 15) is 5.11 Å². The van der Waals surface area contributed by atoms with Gasteiger partial charge in [0.25, 0.3) is 0 Å². The van der Waals surface area contributed by atoms with Crippen molar-refractivity contribution in [1.29, 1.82) is 0 Å². The molecule has 0 spiro atoms. The molecule has 3 nitrogen and oxygen atoms in total. The van der Waals surface area contributed by atoms with Crippen LogP contribution in [0.3, 0.4) is 0 Å². The molecule has 0 aliphatic rings. The molecule has 0 saturated heterocycles. The van der Waals surface area contributed by atoms with Crippen LogP contribution in [-0.2, 0) is 0 Å². The molecule has 0 unspecified atom stereocenters. The molecule has 0 atom stereocenters. The lowest BCUT2D eigenvalue weighted by atomic mass is 10.2. The molecule has 0 saturated carbocycles. The molecular weight excluding hydrogens is 154 g/mol. The lowest BCUT2D eigenvalue weighted by molar-refractivity contribution is 0.340. The van der Waals surface area contributed by atoms with Gasteiger partial charge in [-0.2, -0.15) is 0 Å². The van der Waals surface area contributed by atoms with Gasteiger partial charge in [0.05, 0.1) is 6.61 Å². The molecule has 1 aromatic rings. The Kier molecular flexibility index (Phi) is 2.43. The van der Waals surface area contributed by atoms with Gasteiger partial charge < -0.3 is 15.6 Å². The predicted octanol–water partition coefficient (Wildman–Crippen LogP) is 1.68. The van der Waals surface area contributed by atoms with Gasteiger partial charge in [-0.25, -0.2) is 0 Å². The molecule has 1 aromatic carbocycles. The van der Waals surface area contributed by atoms with Crippen LogP contribution >= 0.6 is 0 Å². The smallest absolute Gasteiger partial charge is 0.145 e. The van der Waals surface area contributed by atoms with Gasteiger partial charge >= 0.3 is 0 Å². The molecule has 0 bridgehead atoms. The number of hydrogen-bond acceptors (Lipinski definition) is 3. The molecule has 0 fully saturated rings. The SMILES string of the molecule is CCOc1ccc(C)c(O)c1N. The zero-order valence-corrected chi connectivity index (χ0v) is 7.29. The van der Waals surface area contributed by atoms with Crippen molar-refractivity contribution >= 4 is 5.69 Å². The summed E-state index contributed by atoms with van der Waals surface area (Å²) < 4.78 is 5.19. The number of nitrogens with two attached hydrogens (primary N) is 1. The van der Waals surface area contributed by atoms with Crippen molar-refractivity contribution in [3.8, 4) is 11.5 Å². The number of rotatable bonds is 2. The van der Waals surface area contributed by atoms with Crippen molar-refractivity contribution in [2.24, 2.45) is 0 Å². The van der Waals surface area contributed by atoms with Crippen molar-refractivity contribution in [3.63, 3.8) is 0 Å². The van der Waals surface area contributed by atoms with E-state index in [1.165, 1.54) is 0 Å². The summed E-state index contributed by atoms with van der Waals surface area (Å²) in [7, 11) is 0. The van der Waals surface area contributed by atoms with E-state index in [0.29, 0.717) is 18.0 Å². The molecule has 0 amide bonds. The van der Waals surface area contributed by atoms with E-state index < -0.39 is 0 Å². The van der Waals surface area contributed by atoms with Crippen LogP contribution < -0.4 is 10.5 Å². The predicted molar refractivity (Wildman–Crippen MR) is 48.4 cm³/mol. The fourth-order valence-corrected chi connectivity index (χ4v) is 0.980. The van der Waals surface area contributed by atoms with Gasteiger partial charge in [0.2, 0.25) is 0 Å². The van der Waals surface area contributed by atoms with E-state index in [-0.39, 0.29) is 5.75 Å². The van der Waals surface area contributed by atoms with Crippen LogP contribution in [0.25, 0.3) is 0 Å². The third-order valence-corrected chi connectivity index (χ3v) is 1.68. The summed E-state index contributed by atoms with van der Waals surface area (Å²) in [5.41, 5.74) is 6.67. The third kappa shape index (κ3) is 1.44. The van der Waals surface area contributed by atoms with Crippen molar-refractivity contribution < 1.29 is 9.84 Å². The second kappa shape index (κ2) is 3.34. The molecular formula is C9H13NO2. The number of phenolic OH excluding ortho intramolecular Hbond substituents is 1. The van der Waals surface area contributed by atoms with Crippen LogP contribution in [0.5, 0.6) is 11.5 Å². The van der Waals surface area contributed by atoms with Crippen molar-refractivity contribution in [2.75, 3.05) is 12.3 Å². The van der Waals surface area contributed by atoms with Gasteiger partial charge in [0.15, 0.2) is 0 Å². The molecule has 0 aromatic heterocycles. The number of aromatic hydroxyl groups is 1. The van der Waals surface area contributed by atoms with Gasteiger partial charge in [-0.15, -0.1) is 0 Å². The summed E-state index contributed by atoms with van der Waals surface area (Å²) in [4.78, 5) is 0. The molecule has 66 valence electrons.